The number of methoxy groups -OCH3 is 1. The number of benzene rings is 1. The molecule has 2 N–H and O–H groups in total. The molecule has 4 nitrogen and oxygen atoms in total. The minimum Gasteiger partial charge on any atom is -0.496 e. The minimum absolute atomic E-state index is 0.0355. The molecule has 1 aromatic rings. The molecule has 1 aliphatic carbocycles. The summed E-state index contributed by atoms with van der Waals surface area (Å²) in [6.45, 7) is 2.07. The second-order valence-corrected chi connectivity index (χ2v) is 6.35. The highest BCUT2D eigenvalue weighted by Crippen LogP contribution is 2.23. The summed E-state index contributed by atoms with van der Waals surface area (Å²) in [5.41, 5.74) is 1.13. The van der Waals surface area contributed by atoms with Crippen LogP contribution in [0.5, 0.6) is 5.75 Å². The molecule has 3 atom stereocenters. The summed E-state index contributed by atoms with van der Waals surface area (Å²) in [7, 11) is 1.67. The number of carbonyl (C=O) groups is 1. The molecule has 3 unspecified atom stereocenters. The second kappa shape index (κ2) is 8.18. The maximum absolute atomic E-state index is 12.2. The third-order valence-corrected chi connectivity index (χ3v) is 4.37. The highest BCUT2D eigenvalue weighted by molar-refractivity contribution is 5.76. The van der Waals surface area contributed by atoms with Gasteiger partial charge in [0.15, 0.2) is 0 Å². The summed E-state index contributed by atoms with van der Waals surface area (Å²) in [5, 5.41) is 12.9. The molecule has 0 radical (unpaired) electrons. The molecule has 0 saturated heterocycles. The molecule has 1 aliphatic rings. The lowest BCUT2D eigenvalue weighted by Crippen LogP contribution is -2.45. The fourth-order valence-electron chi connectivity index (χ4n) is 3.18. The summed E-state index contributed by atoms with van der Waals surface area (Å²) in [6.07, 6.45) is 4.71. The number of hydrogen-bond donors (Lipinski definition) is 2. The Balaban J connectivity index is 1.83. The van der Waals surface area contributed by atoms with E-state index in [1.807, 2.05) is 24.3 Å². The molecule has 1 saturated carbocycles. The van der Waals surface area contributed by atoms with E-state index in [0.717, 1.165) is 43.4 Å². The van der Waals surface area contributed by atoms with E-state index in [1.54, 1.807) is 7.11 Å². The Bertz CT molecular complexity index is 489. The third kappa shape index (κ3) is 4.73. The van der Waals surface area contributed by atoms with Crippen molar-refractivity contribution in [2.45, 2.75) is 57.6 Å². The van der Waals surface area contributed by atoms with Crippen LogP contribution in [-0.4, -0.2) is 30.3 Å². The van der Waals surface area contributed by atoms with Gasteiger partial charge in [0.2, 0.25) is 5.91 Å². The van der Waals surface area contributed by atoms with E-state index in [-0.39, 0.29) is 24.0 Å². The van der Waals surface area contributed by atoms with Crippen LogP contribution in [0.25, 0.3) is 0 Å². The van der Waals surface area contributed by atoms with Crippen LogP contribution >= 0.6 is 0 Å². The van der Waals surface area contributed by atoms with Gasteiger partial charge in [-0.2, -0.15) is 0 Å². The lowest BCUT2D eigenvalue weighted by atomic mass is 9.92. The number of carbonyl (C=O) groups excluding carboxylic acids is 1. The number of hydrogen-bond acceptors (Lipinski definition) is 3. The normalized spacial score (nSPS) is 22.9. The molecule has 1 aromatic carbocycles. The van der Waals surface area contributed by atoms with Crippen LogP contribution in [0.4, 0.5) is 0 Å². The zero-order valence-electron chi connectivity index (χ0n) is 13.5. The largest absolute Gasteiger partial charge is 0.496 e. The van der Waals surface area contributed by atoms with Crippen LogP contribution in [0.15, 0.2) is 24.3 Å². The van der Waals surface area contributed by atoms with Crippen molar-refractivity contribution in [1.82, 2.24) is 5.32 Å². The molecule has 1 fully saturated rings. The number of nitrogens with one attached hydrogen (secondary N) is 1. The summed E-state index contributed by atoms with van der Waals surface area (Å²) in [6, 6.07) is 7.85. The van der Waals surface area contributed by atoms with E-state index >= 15 is 0 Å². The van der Waals surface area contributed by atoms with Crippen molar-refractivity contribution in [3.05, 3.63) is 29.8 Å². The molecular formula is C18H27NO3. The van der Waals surface area contributed by atoms with Gasteiger partial charge in [-0.05, 0) is 36.8 Å². The van der Waals surface area contributed by atoms with Gasteiger partial charge in [-0.15, -0.1) is 0 Å². The zero-order valence-corrected chi connectivity index (χ0v) is 13.5. The number of rotatable bonds is 6. The number of aliphatic hydroxyl groups excluding tert-OH is 1. The topological polar surface area (TPSA) is 58.6 Å². The maximum atomic E-state index is 12.2. The van der Waals surface area contributed by atoms with Gasteiger partial charge in [0.25, 0.3) is 0 Å². The van der Waals surface area contributed by atoms with E-state index in [1.165, 1.54) is 0 Å². The van der Waals surface area contributed by atoms with Gasteiger partial charge in [-0.1, -0.05) is 38.0 Å². The summed E-state index contributed by atoms with van der Waals surface area (Å²) >= 11 is 0. The van der Waals surface area contributed by atoms with E-state index in [9.17, 15) is 9.90 Å². The van der Waals surface area contributed by atoms with Crippen LogP contribution in [-0.2, 0) is 11.2 Å². The lowest BCUT2D eigenvalue weighted by molar-refractivity contribution is -0.123. The lowest BCUT2D eigenvalue weighted by Gasteiger charge is -2.28. The first-order valence-corrected chi connectivity index (χ1v) is 8.19. The Hall–Kier alpha value is -1.55. The van der Waals surface area contributed by atoms with E-state index in [4.69, 9.17) is 4.74 Å². The summed E-state index contributed by atoms with van der Waals surface area (Å²) < 4.78 is 5.35. The van der Waals surface area contributed by atoms with Crippen molar-refractivity contribution in [3.63, 3.8) is 0 Å². The predicted octanol–water partition coefficient (Wildman–Crippen LogP) is 2.68. The molecule has 122 valence electrons. The SMILES string of the molecule is COc1ccccc1CC(C)CC(=O)NC1CCCCC1O. The molecule has 4 heteroatoms. The van der Waals surface area contributed by atoms with E-state index < -0.39 is 0 Å². The van der Waals surface area contributed by atoms with Crippen molar-refractivity contribution in [2.75, 3.05) is 7.11 Å². The van der Waals surface area contributed by atoms with Gasteiger partial charge in [0.1, 0.15) is 5.75 Å². The summed E-state index contributed by atoms with van der Waals surface area (Å²) in [4.78, 5) is 12.2. The molecule has 0 heterocycles. The molecule has 0 spiro atoms. The highest BCUT2D eigenvalue weighted by Gasteiger charge is 2.24. The average molecular weight is 305 g/mol. The van der Waals surface area contributed by atoms with Crippen molar-refractivity contribution >= 4 is 5.91 Å². The number of aliphatic hydroxyl groups is 1. The van der Waals surface area contributed by atoms with Gasteiger partial charge >= 0.3 is 0 Å². The standard InChI is InChI=1S/C18H27NO3/c1-13(11-14-7-3-6-10-17(14)22-2)12-18(21)19-15-8-4-5-9-16(15)20/h3,6-7,10,13,15-16,20H,4-5,8-9,11-12H2,1-2H3,(H,19,21). The first kappa shape index (κ1) is 16.8. The minimum atomic E-state index is -0.387. The van der Waals surface area contributed by atoms with Gasteiger partial charge in [0, 0.05) is 6.42 Å². The first-order chi connectivity index (χ1) is 10.6. The fourth-order valence-corrected chi connectivity index (χ4v) is 3.18. The Morgan fingerprint density at radius 1 is 1.36 bits per heavy atom. The molecule has 0 aliphatic heterocycles. The number of ether oxygens (including phenoxy) is 1. The average Bonchev–Trinajstić information content (AvgIpc) is 2.50. The smallest absolute Gasteiger partial charge is 0.220 e. The van der Waals surface area contributed by atoms with Crippen LogP contribution in [0.1, 0.15) is 44.6 Å². The van der Waals surface area contributed by atoms with Crippen molar-refractivity contribution in [2.24, 2.45) is 5.92 Å². The fraction of sp³-hybridized carbons (Fsp3) is 0.611. The molecule has 1 amide bonds. The quantitative estimate of drug-likeness (QED) is 0.849. The van der Waals surface area contributed by atoms with Gasteiger partial charge < -0.3 is 15.2 Å². The van der Waals surface area contributed by atoms with E-state index in [0.29, 0.717) is 6.42 Å². The molecule has 22 heavy (non-hydrogen) atoms. The predicted molar refractivity (Wildman–Crippen MR) is 86.9 cm³/mol. The van der Waals surface area contributed by atoms with Crippen LogP contribution in [0.3, 0.4) is 0 Å². The Morgan fingerprint density at radius 2 is 2.09 bits per heavy atom. The zero-order chi connectivity index (χ0) is 15.9. The summed E-state index contributed by atoms with van der Waals surface area (Å²) in [5.74, 6) is 1.14. The van der Waals surface area contributed by atoms with Crippen LogP contribution < -0.4 is 10.1 Å². The second-order valence-electron chi connectivity index (χ2n) is 6.35. The molecule has 2 rings (SSSR count). The van der Waals surface area contributed by atoms with Crippen molar-refractivity contribution in [3.8, 4) is 5.75 Å². The van der Waals surface area contributed by atoms with Gasteiger partial charge in [-0.25, -0.2) is 0 Å². The first-order valence-electron chi connectivity index (χ1n) is 8.19. The number of para-hydroxylation sites is 1. The number of amides is 1. The molecule has 0 aromatic heterocycles. The monoisotopic (exact) mass is 305 g/mol. The molecular weight excluding hydrogens is 278 g/mol. The van der Waals surface area contributed by atoms with Gasteiger partial charge in [-0.3, -0.25) is 4.79 Å². The Labute approximate surface area is 132 Å². The van der Waals surface area contributed by atoms with Crippen molar-refractivity contribution < 1.29 is 14.6 Å². The Morgan fingerprint density at radius 3 is 2.82 bits per heavy atom. The highest BCUT2D eigenvalue weighted by atomic mass is 16.5. The van der Waals surface area contributed by atoms with Crippen LogP contribution in [0, 0.1) is 5.92 Å². The third-order valence-electron chi connectivity index (χ3n) is 4.37. The van der Waals surface area contributed by atoms with Crippen LogP contribution in [0.2, 0.25) is 0 Å². The van der Waals surface area contributed by atoms with Gasteiger partial charge in [0.05, 0.1) is 19.3 Å². The Kier molecular flexibility index (Phi) is 6.25. The maximum Gasteiger partial charge on any atom is 0.220 e. The van der Waals surface area contributed by atoms with E-state index in [2.05, 4.69) is 12.2 Å². The molecule has 0 bridgehead atoms. The van der Waals surface area contributed by atoms with Crippen molar-refractivity contribution in [1.29, 1.82) is 0 Å².